The Morgan fingerprint density at radius 1 is 1.11 bits per heavy atom. The van der Waals surface area contributed by atoms with Gasteiger partial charge in [0.15, 0.2) is 0 Å². The second-order valence-corrected chi connectivity index (χ2v) is 4.87. The van der Waals surface area contributed by atoms with E-state index < -0.39 is 0 Å². The second-order valence-electron chi connectivity index (χ2n) is 4.87. The lowest BCUT2D eigenvalue weighted by Gasteiger charge is -2.34. The lowest BCUT2D eigenvalue weighted by atomic mass is 10.3. The summed E-state index contributed by atoms with van der Waals surface area (Å²) in [5.74, 6) is 0.211. The Morgan fingerprint density at radius 3 is 2.17 bits per heavy atom. The Labute approximate surface area is 109 Å². The van der Waals surface area contributed by atoms with Crippen molar-refractivity contribution in [3.63, 3.8) is 0 Å². The van der Waals surface area contributed by atoms with Crippen molar-refractivity contribution < 1.29 is 9.59 Å². The fourth-order valence-electron chi connectivity index (χ4n) is 1.88. The van der Waals surface area contributed by atoms with E-state index in [9.17, 15) is 9.59 Å². The molecule has 104 valence electrons. The zero-order valence-corrected chi connectivity index (χ0v) is 11.6. The average molecular weight is 256 g/mol. The van der Waals surface area contributed by atoms with Crippen molar-refractivity contribution in [1.82, 2.24) is 20.0 Å². The molecule has 0 radical (unpaired) electrons. The number of rotatable bonds is 5. The van der Waals surface area contributed by atoms with Gasteiger partial charge in [0.2, 0.25) is 11.8 Å². The minimum atomic E-state index is 0.0891. The monoisotopic (exact) mass is 256 g/mol. The topological polar surface area (TPSA) is 55.9 Å². The van der Waals surface area contributed by atoms with Gasteiger partial charge in [0.25, 0.3) is 0 Å². The van der Waals surface area contributed by atoms with Crippen LogP contribution in [0.15, 0.2) is 0 Å². The first-order chi connectivity index (χ1) is 8.50. The third-order valence-electron chi connectivity index (χ3n) is 3.09. The number of carbonyl (C=O) groups is 2. The number of likely N-dealkylation sites (N-methyl/N-ethyl adjacent to an activating group) is 1. The molecule has 1 aliphatic rings. The van der Waals surface area contributed by atoms with Gasteiger partial charge >= 0.3 is 0 Å². The molecule has 1 aliphatic heterocycles. The molecule has 0 saturated carbocycles. The smallest absolute Gasteiger partial charge is 0.236 e. The molecule has 0 aromatic heterocycles. The summed E-state index contributed by atoms with van der Waals surface area (Å²) < 4.78 is 0. The Morgan fingerprint density at radius 2 is 1.67 bits per heavy atom. The first-order valence-electron chi connectivity index (χ1n) is 6.39. The fraction of sp³-hybridized carbons (Fsp3) is 0.833. The number of carbonyl (C=O) groups excluding carboxylic acids is 2. The lowest BCUT2D eigenvalue weighted by molar-refractivity contribution is -0.137. The molecular formula is C12H24N4O2. The van der Waals surface area contributed by atoms with E-state index in [0.29, 0.717) is 32.7 Å². The van der Waals surface area contributed by atoms with Crippen LogP contribution in [0.3, 0.4) is 0 Å². The van der Waals surface area contributed by atoms with Crippen LogP contribution in [0.5, 0.6) is 0 Å². The number of piperazine rings is 1. The summed E-state index contributed by atoms with van der Waals surface area (Å²) in [6.07, 6.45) is 0. The van der Waals surface area contributed by atoms with Crippen molar-refractivity contribution in [3.05, 3.63) is 0 Å². The molecule has 6 nitrogen and oxygen atoms in total. The SMILES string of the molecule is CC(=O)N1CCN(C(=O)CNCCN(C)C)CC1. The van der Waals surface area contributed by atoms with Gasteiger partial charge in [0, 0.05) is 46.2 Å². The summed E-state index contributed by atoms with van der Waals surface area (Å²) in [5, 5.41) is 3.13. The van der Waals surface area contributed by atoms with Gasteiger partial charge < -0.3 is 20.0 Å². The predicted molar refractivity (Wildman–Crippen MR) is 70.3 cm³/mol. The molecule has 6 heteroatoms. The molecule has 0 aromatic rings. The van der Waals surface area contributed by atoms with Gasteiger partial charge in [-0.1, -0.05) is 0 Å². The number of amides is 2. The highest BCUT2D eigenvalue weighted by molar-refractivity contribution is 5.79. The highest BCUT2D eigenvalue weighted by atomic mass is 16.2. The second kappa shape index (κ2) is 7.33. The molecule has 1 saturated heterocycles. The van der Waals surface area contributed by atoms with Crippen molar-refractivity contribution in [1.29, 1.82) is 0 Å². The number of hydrogen-bond donors (Lipinski definition) is 1. The van der Waals surface area contributed by atoms with Gasteiger partial charge in [0.1, 0.15) is 0 Å². The molecule has 2 amide bonds. The molecule has 0 spiro atoms. The van der Waals surface area contributed by atoms with E-state index in [1.165, 1.54) is 0 Å². The highest BCUT2D eigenvalue weighted by Gasteiger charge is 2.21. The maximum absolute atomic E-state index is 11.9. The van der Waals surface area contributed by atoms with Gasteiger partial charge in [-0.05, 0) is 14.1 Å². The molecule has 18 heavy (non-hydrogen) atoms. The molecule has 1 heterocycles. The van der Waals surface area contributed by atoms with Crippen molar-refractivity contribution in [2.45, 2.75) is 6.92 Å². The summed E-state index contributed by atoms with van der Waals surface area (Å²) in [6, 6.07) is 0. The minimum Gasteiger partial charge on any atom is -0.339 e. The summed E-state index contributed by atoms with van der Waals surface area (Å²) in [6.45, 7) is 6.28. The van der Waals surface area contributed by atoms with Crippen LogP contribution >= 0.6 is 0 Å². The van der Waals surface area contributed by atoms with Crippen molar-refractivity contribution in [3.8, 4) is 0 Å². The van der Waals surface area contributed by atoms with Crippen LogP contribution in [0.25, 0.3) is 0 Å². The summed E-state index contributed by atoms with van der Waals surface area (Å²) in [5.41, 5.74) is 0. The van der Waals surface area contributed by atoms with E-state index in [1.807, 2.05) is 19.0 Å². The summed E-state index contributed by atoms with van der Waals surface area (Å²) in [4.78, 5) is 28.7. The Hall–Kier alpha value is -1.14. The predicted octanol–water partition coefficient (Wildman–Crippen LogP) is -1.17. The van der Waals surface area contributed by atoms with Crippen LogP contribution in [0.4, 0.5) is 0 Å². The van der Waals surface area contributed by atoms with Gasteiger partial charge in [-0.3, -0.25) is 9.59 Å². The standard InChI is InChI=1S/C12H24N4O2/c1-11(17)15-6-8-16(9-7-15)12(18)10-13-4-5-14(2)3/h13H,4-10H2,1-3H3. The van der Waals surface area contributed by atoms with E-state index in [1.54, 1.807) is 11.8 Å². The Kier molecular flexibility index (Phi) is 6.07. The molecule has 0 aliphatic carbocycles. The molecule has 0 bridgehead atoms. The molecule has 1 N–H and O–H groups in total. The van der Waals surface area contributed by atoms with Gasteiger partial charge in [0.05, 0.1) is 6.54 Å². The maximum atomic E-state index is 11.9. The third kappa shape index (κ3) is 5.01. The molecule has 1 fully saturated rings. The van der Waals surface area contributed by atoms with Crippen LogP contribution in [0, 0.1) is 0 Å². The van der Waals surface area contributed by atoms with Crippen LogP contribution in [0.1, 0.15) is 6.92 Å². The largest absolute Gasteiger partial charge is 0.339 e. The van der Waals surface area contributed by atoms with E-state index >= 15 is 0 Å². The molecule has 0 aromatic carbocycles. The number of nitrogens with one attached hydrogen (secondary N) is 1. The van der Waals surface area contributed by atoms with E-state index in [0.717, 1.165) is 13.1 Å². The zero-order chi connectivity index (χ0) is 13.5. The van der Waals surface area contributed by atoms with Crippen LogP contribution in [-0.4, -0.2) is 86.4 Å². The highest BCUT2D eigenvalue weighted by Crippen LogP contribution is 2.01. The summed E-state index contributed by atoms with van der Waals surface area (Å²) in [7, 11) is 4.01. The van der Waals surface area contributed by atoms with E-state index in [2.05, 4.69) is 10.2 Å². The molecule has 0 unspecified atom stereocenters. The van der Waals surface area contributed by atoms with Crippen molar-refractivity contribution in [2.75, 3.05) is 59.9 Å². The summed E-state index contributed by atoms with van der Waals surface area (Å²) >= 11 is 0. The number of hydrogen-bond acceptors (Lipinski definition) is 4. The quantitative estimate of drug-likeness (QED) is 0.630. The van der Waals surface area contributed by atoms with Crippen LogP contribution < -0.4 is 5.32 Å². The zero-order valence-electron chi connectivity index (χ0n) is 11.6. The average Bonchev–Trinajstić information content (AvgIpc) is 2.34. The van der Waals surface area contributed by atoms with Gasteiger partial charge in [-0.15, -0.1) is 0 Å². The van der Waals surface area contributed by atoms with Crippen molar-refractivity contribution in [2.24, 2.45) is 0 Å². The Bertz CT molecular complexity index is 286. The van der Waals surface area contributed by atoms with E-state index in [4.69, 9.17) is 0 Å². The van der Waals surface area contributed by atoms with Gasteiger partial charge in [-0.2, -0.15) is 0 Å². The normalized spacial score (nSPS) is 16.2. The third-order valence-corrected chi connectivity index (χ3v) is 3.09. The number of nitrogens with zero attached hydrogens (tertiary/aromatic N) is 3. The van der Waals surface area contributed by atoms with Gasteiger partial charge in [-0.25, -0.2) is 0 Å². The maximum Gasteiger partial charge on any atom is 0.236 e. The van der Waals surface area contributed by atoms with Crippen LogP contribution in [0.2, 0.25) is 0 Å². The first kappa shape index (κ1) is 14.9. The van der Waals surface area contributed by atoms with Crippen LogP contribution in [-0.2, 0) is 9.59 Å². The lowest BCUT2D eigenvalue weighted by Crippen LogP contribution is -2.52. The molecule has 0 atom stereocenters. The fourth-order valence-corrected chi connectivity index (χ4v) is 1.88. The minimum absolute atomic E-state index is 0.0891. The van der Waals surface area contributed by atoms with Crippen molar-refractivity contribution >= 4 is 11.8 Å². The Balaban J connectivity index is 2.18. The first-order valence-corrected chi connectivity index (χ1v) is 6.39. The van der Waals surface area contributed by atoms with E-state index in [-0.39, 0.29) is 11.8 Å². The molecule has 1 rings (SSSR count). The molecular weight excluding hydrogens is 232 g/mol.